The Morgan fingerprint density at radius 2 is 2.33 bits per heavy atom. The van der Waals surface area contributed by atoms with Gasteiger partial charge in [0.2, 0.25) is 5.91 Å². The van der Waals surface area contributed by atoms with Gasteiger partial charge >= 0.3 is 5.97 Å². The molecule has 1 aliphatic heterocycles. The molecular weight excluding hydrogens is 234 g/mol. The number of hydrogen-bond acceptors (Lipinski definition) is 4. The fraction of sp³-hybridized carbons (Fsp3) is 0.417. The molecule has 0 bridgehead atoms. The first kappa shape index (κ1) is 12.3. The van der Waals surface area contributed by atoms with Crippen molar-refractivity contribution in [3.8, 4) is 0 Å². The second-order valence-corrected chi connectivity index (χ2v) is 4.39. The number of carbonyl (C=O) groups is 2. The van der Waals surface area contributed by atoms with E-state index in [9.17, 15) is 9.59 Å². The molecule has 2 heterocycles. The maximum Gasteiger partial charge on any atom is 0.354 e. The zero-order valence-corrected chi connectivity index (χ0v) is 10.1. The summed E-state index contributed by atoms with van der Waals surface area (Å²) in [5.41, 5.74) is 0.796. The second kappa shape index (κ2) is 5.03. The lowest BCUT2D eigenvalue weighted by atomic mass is 10.1. The lowest BCUT2D eigenvalue weighted by molar-refractivity contribution is -0.132. The average molecular weight is 249 g/mol. The van der Waals surface area contributed by atoms with E-state index in [1.54, 1.807) is 18.0 Å². The van der Waals surface area contributed by atoms with E-state index in [4.69, 9.17) is 5.11 Å². The molecule has 1 aromatic rings. The number of hydrogen-bond donors (Lipinski definition) is 2. The Balaban J connectivity index is 1.97. The van der Waals surface area contributed by atoms with Crippen molar-refractivity contribution in [2.75, 3.05) is 18.9 Å². The van der Waals surface area contributed by atoms with E-state index < -0.39 is 5.97 Å². The molecule has 1 atom stereocenters. The van der Waals surface area contributed by atoms with E-state index in [0.717, 1.165) is 12.1 Å². The molecule has 0 saturated carbocycles. The summed E-state index contributed by atoms with van der Waals surface area (Å²) in [5.74, 6) is -0.878. The number of likely N-dealkylation sites (tertiary alicyclic amines) is 1. The molecule has 18 heavy (non-hydrogen) atoms. The van der Waals surface area contributed by atoms with E-state index in [-0.39, 0.29) is 17.6 Å². The summed E-state index contributed by atoms with van der Waals surface area (Å²) in [6.07, 6.45) is 2.82. The number of carboxylic acid groups (broad SMARTS) is 1. The van der Waals surface area contributed by atoms with Crippen LogP contribution in [0.1, 0.15) is 23.3 Å². The molecule has 1 amide bonds. The fourth-order valence-electron chi connectivity index (χ4n) is 1.97. The predicted molar refractivity (Wildman–Crippen MR) is 65.5 cm³/mol. The van der Waals surface area contributed by atoms with Crippen LogP contribution in [0.4, 0.5) is 5.69 Å². The van der Waals surface area contributed by atoms with Crippen molar-refractivity contribution in [3.63, 3.8) is 0 Å². The van der Waals surface area contributed by atoms with Crippen LogP contribution in [-0.2, 0) is 4.79 Å². The van der Waals surface area contributed by atoms with Crippen molar-refractivity contribution < 1.29 is 14.7 Å². The highest BCUT2D eigenvalue weighted by Crippen LogP contribution is 2.15. The average Bonchev–Trinajstić information content (AvgIpc) is 2.34. The number of nitrogens with zero attached hydrogens (tertiary/aromatic N) is 2. The van der Waals surface area contributed by atoms with Crippen LogP contribution in [0.15, 0.2) is 18.3 Å². The molecule has 1 aromatic heterocycles. The van der Waals surface area contributed by atoms with Gasteiger partial charge in [-0.3, -0.25) is 4.79 Å². The number of carboxylic acids is 1. The Morgan fingerprint density at radius 1 is 1.56 bits per heavy atom. The lowest BCUT2D eigenvalue weighted by Crippen LogP contribution is -2.43. The molecule has 0 radical (unpaired) electrons. The van der Waals surface area contributed by atoms with E-state index in [1.807, 2.05) is 0 Å². The Hall–Kier alpha value is -2.11. The maximum atomic E-state index is 11.3. The Bertz CT molecular complexity index is 458. The van der Waals surface area contributed by atoms with E-state index in [1.165, 1.54) is 12.3 Å². The van der Waals surface area contributed by atoms with Crippen LogP contribution in [0.25, 0.3) is 0 Å². The molecule has 0 aliphatic carbocycles. The smallest absolute Gasteiger partial charge is 0.354 e. The molecule has 6 heteroatoms. The third-order valence-corrected chi connectivity index (χ3v) is 2.98. The van der Waals surface area contributed by atoms with E-state index in [0.29, 0.717) is 13.0 Å². The minimum atomic E-state index is -1.04. The Labute approximate surface area is 105 Å². The molecule has 0 spiro atoms. The standard InChI is InChI=1S/C12H15N3O3/c1-15-7-9(3-5-11(15)16)14-8-2-4-10(12(17)18)13-6-8/h2,4,6,9,14H,3,5,7H2,1H3,(H,17,18). The zero-order valence-electron chi connectivity index (χ0n) is 10.1. The monoisotopic (exact) mass is 249 g/mol. The number of piperidine rings is 1. The third-order valence-electron chi connectivity index (χ3n) is 2.98. The fourth-order valence-corrected chi connectivity index (χ4v) is 1.97. The first-order chi connectivity index (χ1) is 8.56. The Morgan fingerprint density at radius 3 is 2.89 bits per heavy atom. The number of nitrogens with one attached hydrogen (secondary N) is 1. The largest absolute Gasteiger partial charge is 0.477 e. The summed E-state index contributed by atoms with van der Waals surface area (Å²) in [6, 6.07) is 3.33. The molecule has 1 saturated heterocycles. The van der Waals surface area contributed by atoms with Crippen LogP contribution >= 0.6 is 0 Å². The number of rotatable bonds is 3. The zero-order chi connectivity index (χ0) is 13.1. The summed E-state index contributed by atoms with van der Waals surface area (Å²) in [4.78, 5) is 27.5. The van der Waals surface area contributed by atoms with Crippen LogP contribution in [-0.4, -0.2) is 46.5 Å². The molecule has 0 aromatic carbocycles. The summed E-state index contributed by atoms with van der Waals surface area (Å²) < 4.78 is 0. The van der Waals surface area contributed by atoms with E-state index >= 15 is 0 Å². The molecule has 1 unspecified atom stereocenters. The van der Waals surface area contributed by atoms with Gasteiger partial charge in [-0.1, -0.05) is 0 Å². The first-order valence-corrected chi connectivity index (χ1v) is 5.76. The third kappa shape index (κ3) is 2.77. The highest BCUT2D eigenvalue weighted by atomic mass is 16.4. The first-order valence-electron chi connectivity index (χ1n) is 5.76. The number of amides is 1. The van der Waals surface area contributed by atoms with Crippen molar-refractivity contribution in [1.29, 1.82) is 0 Å². The van der Waals surface area contributed by atoms with Crippen LogP contribution in [0.3, 0.4) is 0 Å². The van der Waals surface area contributed by atoms with Crippen LogP contribution in [0.2, 0.25) is 0 Å². The van der Waals surface area contributed by atoms with Crippen molar-refractivity contribution in [2.45, 2.75) is 18.9 Å². The van der Waals surface area contributed by atoms with Gasteiger partial charge in [-0.05, 0) is 18.6 Å². The SMILES string of the molecule is CN1CC(Nc2ccc(C(=O)O)nc2)CCC1=O. The van der Waals surface area contributed by atoms with Gasteiger partial charge in [-0.15, -0.1) is 0 Å². The van der Waals surface area contributed by atoms with Gasteiger partial charge < -0.3 is 15.3 Å². The minimum absolute atomic E-state index is 0.0245. The van der Waals surface area contributed by atoms with Gasteiger partial charge in [-0.25, -0.2) is 9.78 Å². The normalized spacial score (nSPS) is 19.7. The second-order valence-electron chi connectivity index (χ2n) is 4.39. The number of aromatic carboxylic acids is 1. The minimum Gasteiger partial charge on any atom is -0.477 e. The molecular formula is C12H15N3O3. The van der Waals surface area contributed by atoms with Gasteiger partial charge in [0.05, 0.1) is 11.9 Å². The Kier molecular flexibility index (Phi) is 3.45. The van der Waals surface area contributed by atoms with Crippen molar-refractivity contribution in [2.24, 2.45) is 0 Å². The number of carbonyl (C=O) groups excluding carboxylic acids is 1. The number of anilines is 1. The number of likely N-dealkylation sites (N-methyl/N-ethyl adjacent to an activating group) is 1. The van der Waals surface area contributed by atoms with Gasteiger partial charge in [0, 0.05) is 26.1 Å². The van der Waals surface area contributed by atoms with Crippen LogP contribution in [0, 0.1) is 0 Å². The van der Waals surface area contributed by atoms with Gasteiger partial charge in [-0.2, -0.15) is 0 Å². The van der Waals surface area contributed by atoms with Crippen molar-refractivity contribution in [1.82, 2.24) is 9.88 Å². The summed E-state index contributed by atoms with van der Waals surface area (Å²) in [6.45, 7) is 0.652. The molecule has 6 nitrogen and oxygen atoms in total. The molecule has 2 rings (SSSR count). The maximum absolute atomic E-state index is 11.3. The van der Waals surface area contributed by atoms with Crippen molar-refractivity contribution >= 4 is 17.6 Å². The lowest BCUT2D eigenvalue weighted by Gasteiger charge is -2.30. The van der Waals surface area contributed by atoms with Crippen LogP contribution < -0.4 is 5.32 Å². The molecule has 96 valence electrons. The highest BCUT2D eigenvalue weighted by Gasteiger charge is 2.22. The van der Waals surface area contributed by atoms with Gasteiger partial charge in [0.25, 0.3) is 0 Å². The highest BCUT2D eigenvalue weighted by molar-refractivity contribution is 5.85. The molecule has 1 aliphatic rings. The quantitative estimate of drug-likeness (QED) is 0.828. The number of pyridine rings is 1. The predicted octanol–water partition coefficient (Wildman–Crippen LogP) is 0.812. The molecule has 1 fully saturated rings. The summed E-state index contributed by atoms with van der Waals surface area (Å²) in [7, 11) is 1.78. The summed E-state index contributed by atoms with van der Waals surface area (Å²) in [5, 5.41) is 12.0. The topological polar surface area (TPSA) is 82.5 Å². The molecule has 2 N–H and O–H groups in total. The van der Waals surface area contributed by atoms with E-state index in [2.05, 4.69) is 10.3 Å². The van der Waals surface area contributed by atoms with Gasteiger partial charge in [0.1, 0.15) is 5.69 Å². The van der Waals surface area contributed by atoms with Gasteiger partial charge in [0.15, 0.2) is 0 Å². The van der Waals surface area contributed by atoms with Crippen LogP contribution in [0.5, 0.6) is 0 Å². The number of aromatic nitrogens is 1. The van der Waals surface area contributed by atoms with Crippen molar-refractivity contribution in [3.05, 3.63) is 24.0 Å². The summed E-state index contributed by atoms with van der Waals surface area (Å²) >= 11 is 0.